The summed E-state index contributed by atoms with van der Waals surface area (Å²) >= 11 is -2.33. The minimum atomic E-state index is -2.33. The van der Waals surface area contributed by atoms with Crippen LogP contribution in [-0.4, -0.2) is 37.5 Å². The Labute approximate surface area is 182 Å². The molecule has 0 aliphatic rings. The molecule has 0 aromatic rings. The quantitative estimate of drug-likeness (QED) is 0.224. The fraction of sp³-hybridized carbons (Fsp3) is 0.882. The summed E-state index contributed by atoms with van der Waals surface area (Å²) in [5.74, 6) is -2.15. The minimum Gasteiger partial charge on any atom is -0.750 e. The van der Waals surface area contributed by atoms with Crippen molar-refractivity contribution in [1.82, 2.24) is 0 Å². The molecule has 1 atom stereocenters. The Morgan fingerprint density at radius 2 is 1.15 bits per heavy atom. The van der Waals surface area contributed by atoms with Gasteiger partial charge in [0.1, 0.15) is 0 Å². The van der Waals surface area contributed by atoms with Gasteiger partial charge in [0.2, 0.25) is 0 Å². The van der Waals surface area contributed by atoms with Gasteiger partial charge in [-0.3, -0.25) is 9.59 Å². The van der Waals surface area contributed by atoms with Crippen LogP contribution in [0.3, 0.4) is 0 Å². The van der Waals surface area contributed by atoms with Gasteiger partial charge < -0.3 is 18.9 Å². The van der Waals surface area contributed by atoms with Crippen LogP contribution in [0.5, 0.6) is 0 Å². The largest absolute Gasteiger partial charge is 1.00 e. The van der Waals surface area contributed by atoms with E-state index in [0.29, 0.717) is 6.61 Å². The van der Waals surface area contributed by atoms with Crippen molar-refractivity contribution < 1.29 is 62.3 Å². The zero-order chi connectivity index (χ0) is 19.3. The van der Waals surface area contributed by atoms with E-state index in [1.165, 1.54) is 57.8 Å². The van der Waals surface area contributed by atoms with Crippen LogP contribution in [0.1, 0.15) is 90.4 Å². The molecule has 0 heterocycles. The first kappa shape index (κ1) is 30.7. The number of hydrogen-bond donors (Lipinski definition) is 2. The summed E-state index contributed by atoms with van der Waals surface area (Å²) in [6.07, 6.45) is 13.3. The summed E-state index contributed by atoms with van der Waals surface area (Å²) < 4.78 is 24.6. The summed E-state index contributed by atoms with van der Waals surface area (Å²) in [6.45, 7) is 2.58. The maximum Gasteiger partial charge on any atom is 1.00 e. The van der Waals surface area contributed by atoms with E-state index in [1.54, 1.807) is 0 Å². The SMILES string of the molecule is CCCCCCCCCCCCCOS(=O)[O-].O=C(O)CCC(=O)O.[Na+]. The molecule has 0 aromatic heterocycles. The molecule has 150 valence electrons. The molecule has 0 saturated carbocycles. The first-order valence-corrected chi connectivity index (χ1v) is 10.1. The Hall–Kier alpha value is 0.0100. The molecule has 26 heavy (non-hydrogen) atoms. The van der Waals surface area contributed by atoms with Crippen molar-refractivity contribution >= 4 is 23.3 Å². The fourth-order valence-electron chi connectivity index (χ4n) is 2.11. The minimum absolute atomic E-state index is 0. The van der Waals surface area contributed by atoms with Gasteiger partial charge in [-0.2, -0.15) is 0 Å². The van der Waals surface area contributed by atoms with Crippen LogP contribution in [0, 0.1) is 0 Å². The van der Waals surface area contributed by atoms with E-state index in [4.69, 9.17) is 10.2 Å². The average molecular weight is 405 g/mol. The van der Waals surface area contributed by atoms with Gasteiger partial charge in [0.05, 0.1) is 30.8 Å². The van der Waals surface area contributed by atoms with Gasteiger partial charge in [0.25, 0.3) is 0 Å². The van der Waals surface area contributed by atoms with Gasteiger partial charge in [-0.1, -0.05) is 71.1 Å². The van der Waals surface area contributed by atoms with E-state index in [0.717, 1.165) is 12.8 Å². The van der Waals surface area contributed by atoms with Crippen molar-refractivity contribution in [2.75, 3.05) is 6.61 Å². The molecule has 0 radical (unpaired) electrons. The molecular formula is C17H33NaO7S. The number of carbonyl (C=O) groups is 2. The second kappa shape index (κ2) is 25.0. The number of unbranched alkanes of at least 4 members (excludes halogenated alkanes) is 10. The summed E-state index contributed by atoms with van der Waals surface area (Å²) in [7, 11) is 0. The molecule has 9 heteroatoms. The summed E-state index contributed by atoms with van der Waals surface area (Å²) in [4.78, 5) is 19.3. The maximum absolute atomic E-state index is 10.1. The van der Waals surface area contributed by atoms with Crippen LogP contribution in [0.25, 0.3) is 0 Å². The van der Waals surface area contributed by atoms with Gasteiger partial charge in [-0.05, 0) is 6.42 Å². The predicted molar refractivity (Wildman–Crippen MR) is 95.8 cm³/mol. The topological polar surface area (TPSA) is 124 Å². The van der Waals surface area contributed by atoms with Crippen molar-refractivity contribution in [2.24, 2.45) is 0 Å². The van der Waals surface area contributed by atoms with Gasteiger partial charge in [-0.15, -0.1) is 0 Å². The van der Waals surface area contributed by atoms with E-state index >= 15 is 0 Å². The summed E-state index contributed by atoms with van der Waals surface area (Å²) in [5, 5.41) is 15.8. The molecule has 2 N–H and O–H groups in total. The molecule has 1 unspecified atom stereocenters. The monoisotopic (exact) mass is 404 g/mol. The Morgan fingerprint density at radius 3 is 1.46 bits per heavy atom. The molecule has 0 amide bonds. The van der Waals surface area contributed by atoms with Crippen LogP contribution < -0.4 is 29.6 Å². The zero-order valence-electron chi connectivity index (χ0n) is 16.2. The maximum atomic E-state index is 10.1. The molecule has 0 aliphatic carbocycles. The average Bonchev–Trinajstić information content (AvgIpc) is 2.54. The number of rotatable bonds is 16. The van der Waals surface area contributed by atoms with Gasteiger partial charge in [0, 0.05) is 0 Å². The molecule has 0 bridgehead atoms. The fourth-order valence-corrected chi connectivity index (χ4v) is 2.36. The third kappa shape index (κ3) is 35.2. The van der Waals surface area contributed by atoms with Gasteiger partial charge in [0.15, 0.2) is 0 Å². The normalized spacial score (nSPS) is 11.0. The standard InChI is InChI=1S/C13H28O3S.C4H6O4.Na/c1-2-3-4-5-6-7-8-9-10-11-12-13-16-17(14)15;5-3(6)1-2-4(7)8;/h2-13H2,1H3,(H,14,15);1-2H2,(H,5,6)(H,7,8);/q;;+1/p-1. The van der Waals surface area contributed by atoms with E-state index in [1.807, 2.05) is 0 Å². The van der Waals surface area contributed by atoms with Crippen molar-refractivity contribution in [3.05, 3.63) is 0 Å². The Balaban J connectivity index is -0.000000498. The molecule has 0 saturated heterocycles. The third-order valence-corrected chi connectivity index (χ3v) is 3.84. The number of carboxylic acid groups (broad SMARTS) is 2. The Morgan fingerprint density at radius 1 is 0.808 bits per heavy atom. The smallest absolute Gasteiger partial charge is 0.750 e. The van der Waals surface area contributed by atoms with Crippen molar-refractivity contribution in [3.63, 3.8) is 0 Å². The zero-order valence-corrected chi connectivity index (χ0v) is 19.1. The van der Waals surface area contributed by atoms with Crippen molar-refractivity contribution in [1.29, 1.82) is 0 Å². The molecule has 0 rings (SSSR count). The first-order chi connectivity index (χ1) is 11.9. The summed E-state index contributed by atoms with van der Waals surface area (Å²) in [6, 6.07) is 0. The van der Waals surface area contributed by atoms with Crippen LogP contribution in [0.2, 0.25) is 0 Å². The first-order valence-electron chi connectivity index (χ1n) is 9.06. The molecule has 0 spiro atoms. The predicted octanol–water partition coefficient (Wildman–Crippen LogP) is 1.05. The van der Waals surface area contributed by atoms with E-state index < -0.39 is 23.3 Å². The number of aliphatic carboxylic acids is 2. The van der Waals surface area contributed by atoms with Crippen LogP contribution in [0.15, 0.2) is 0 Å². The Bertz CT molecular complexity index is 340. The van der Waals surface area contributed by atoms with Crippen LogP contribution in [-0.2, 0) is 25.1 Å². The molecule has 0 aliphatic heterocycles. The van der Waals surface area contributed by atoms with Gasteiger partial charge >= 0.3 is 41.5 Å². The summed E-state index contributed by atoms with van der Waals surface area (Å²) in [5.41, 5.74) is 0. The second-order valence-electron chi connectivity index (χ2n) is 5.85. The van der Waals surface area contributed by atoms with Crippen LogP contribution >= 0.6 is 0 Å². The molecule has 0 fully saturated rings. The van der Waals surface area contributed by atoms with E-state index in [9.17, 15) is 18.4 Å². The van der Waals surface area contributed by atoms with E-state index in [-0.39, 0.29) is 42.4 Å². The molecule has 7 nitrogen and oxygen atoms in total. The van der Waals surface area contributed by atoms with Gasteiger partial charge in [-0.25, -0.2) is 4.21 Å². The number of carboxylic acids is 2. The van der Waals surface area contributed by atoms with Crippen molar-refractivity contribution in [3.8, 4) is 0 Å². The Kier molecular flexibility index (Phi) is 29.6. The number of hydrogen-bond acceptors (Lipinski definition) is 5. The van der Waals surface area contributed by atoms with Crippen molar-refractivity contribution in [2.45, 2.75) is 90.4 Å². The van der Waals surface area contributed by atoms with Crippen LogP contribution in [0.4, 0.5) is 0 Å². The molecular weight excluding hydrogens is 371 g/mol. The second-order valence-corrected chi connectivity index (χ2v) is 6.49. The van der Waals surface area contributed by atoms with E-state index in [2.05, 4.69) is 11.1 Å². The third-order valence-electron chi connectivity index (χ3n) is 3.48. The molecule has 0 aromatic carbocycles.